The van der Waals surface area contributed by atoms with E-state index in [4.69, 9.17) is 4.74 Å². The van der Waals surface area contributed by atoms with Crippen LogP contribution in [0.2, 0.25) is 0 Å². The molecule has 0 radical (unpaired) electrons. The molecule has 0 bridgehead atoms. The molecule has 1 saturated heterocycles. The summed E-state index contributed by atoms with van der Waals surface area (Å²) in [6, 6.07) is 0. The van der Waals surface area contributed by atoms with Crippen LogP contribution in [0.5, 0.6) is 0 Å². The number of unbranched alkanes of at least 4 members (excludes halogenated alkanes) is 23. The van der Waals surface area contributed by atoms with Gasteiger partial charge in [0.05, 0.1) is 6.61 Å². The number of hydrogen-bond donors (Lipinski definition) is 4. The monoisotopic (exact) mass is 614 g/mol. The van der Waals surface area contributed by atoms with Crippen LogP contribution in [0.1, 0.15) is 181 Å². The summed E-state index contributed by atoms with van der Waals surface area (Å²) in [6.07, 6.45) is 24.9. The van der Waals surface area contributed by atoms with Gasteiger partial charge in [-0.2, -0.15) is 0 Å². The van der Waals surface area contributed by atoms with Crippen molar-refractivity contribution in [2.24, 2.45) is 0 Å². The summed E-state index contributed by atoms with van der Waals surface area (Å²) >= 11 is 0. The molecular weight excluding hydrogens is 542 g/mol. The normalized spacial score (nSPS) is 22.2. The summed E-state index contributed by atoms with van der Waals surface area (Å²) in [5, 5.41) is 40.9. The number of carbonyl (C=O) groups is 1. The van der Waals surface area contributed by atoms with E-state index >= 15 is 0 Å². The average Bonchev–Trinajstić information content (AvgIpc) is 3.01. The number of nitrogens with zero attached hydrogens (tertiary/aromatic N) is 1. The molecule has 0 saturated carbocycles. The van der Waals surface area contributed by atoms with E-state index in [2.05, 4.69) is 13.8 Å². The van der Waals surface area contributed by atoms with Crippen molar-refractivity contribution in [1.29, 1.82) is 0 Å². The maximum absolute atomic E-state index is 13.3. The molecule has 0 aromatic heterocycles. The Morgan fingerprint density at radius 2 is 0.907 bits per heavy atom. The van der Waals surface area contributed by atoms with Gasteiger partial charge in [0.15, 0.2) is 6.23 Å². The minimum Gasteiger partial charge on any atom is -0.394 e. The predicted molar refractivity (Wildman–Crippen MR) is 177 cm³/mol. The molecule has 1 unspecified atom stereocenters. The van der Waals surface area contributed by atoms with Crippen molar-refractivity contribution in [1.82, 2.24) is 4.90 Å². The number of aliphatic hydroxyl groups excluding tert-OH is 4. The molecule has 1 aliphatic heterocycles. The van der Waals surface area contributed by atoms with Crippen LogP contribution in [-0.4, -0.2) is 75.0 Å². The lowest BCUT2D eigenvalue weighted by Gasteiger charge is -2.44. The number of hydrogen-bond acceptors (Lipinski definition) is 6. The van der Waals surface area contributed by atoms with Crippen molar-refractivity contribution in [2.45, 2.75) is 211 Å². The van der Waals surface area contributed by atoms with E-state index in [1.54, 1.807) is 4.90 Å². The molecule has 1 heterocycles. The molecule has 1 amide bonds. The molecule has 5 atom stereocenters. The molecule has 0 spiro atoms. The summed E-state index contributed by atoms with van der Waals surface area (Å²) in [6.45, 7) is 4.46. The van der Waals surface area contributed by atoms with E-state index in [1.807, 2.05) is 0 Å². The van der Waals surface area contributed by atoms with Gasteiger partial charge in [0, 0.05) is 13.0 Å². The Balaban J connectivity index is 2.34. The molecule has 256 valence electrons. The fraction of sp³-hybridized carbons (Fsp3) is 0.972. The third-order valence-electron chi connectivity index (χ3n) is 9.24. The first kappa shape index (κ1) is 40.3. The number of rotatable bonds is 29. The lowest BCUT2D eigenvalue weighted by atomic mass is 9.97. The molecule has 7 heteroatoms. The van der Waals surface area contributed by atoms with Crippen molar-refractivity contribution >= 4 is 5.91 Å². The molecule has 1 rings (SSSR count). The molecule has 1 aliphatic rings. The lowest BCUT2D eigenvalue weighted by Crippen LogP contribution is -2.64. The Labute approximate surface area is 265 Å². The van der Waals surface area contributed by atoms with E-state index in [0.717, 1.165) is 38.5 Å². The number of carbonyl (C=O) groups excluding carboxylic acids is 1. The van der Waals surface area contributed by atoms with Crippen molar-refractivity contribution in [3.05, 3.63) is 0 Å². The highest BCUT2D eigenvalue weighted by molar-refractivity contribution is 5.76. The van der Waals surface area contributed by atoms with Crippen LogP contribution < -0.4 is 0 Å². The largest absolute Gasteiger partial charge is 0.394 e. The van der Waals surface area contributed by atoms with E-state index in [0.29, 0.717) is 13.0 Å². The zero-order valence-corrected chi connectivity index (χ0v) is 28.2. The van der Waals surface area contributed by atoms with Crippen LogP contribution in [-0.2, 0) is 9.53 Å². The van der Waals surface area contributed by atoms with Gasteiger partial charge in [-0.25, -0.2) is 0 Å². The molecule has 7 nitrogen and oxygen atoms in total. The van der Waals surface area contributed by atoms with Gasteiger partial charge in [0.1, 0.15) is 24.4 Å². The standard InChI is InChI=1S/C36H71NO6/c1-3-5-7-9-11-13-15-16-17-18-19-20-22-24-26-28-32(39)37(29-27-25-23-21-14-12-10-8-6-4-2)36-35(42)34(41)33(40)31(30-38)43-36/h31,33-36,38,40-42H,3-30H2,1-2H3/t31-,33-,34+,35-,36?/m1/s1. The van der Waals surface area contributed by atoms with E-state index in [-0.39, 0.29) is 5.91 Å². The molecule has 0 aromatic carbocycles. The Hall–Kier alpha value is -0.730. The minimum atomic E-state index is -1.47. The summed E-state index contributed by atoms with van der Waals surface area (Å²) in [4.78, 5) is 14.9. The van der Waals surface area contributed by atoms with Gasteiger partial charge < -0.3 is 30.1 Å². The van der Waals surface area contributed by atoms with Crippen LogP contribution >= 0.6 is 0 Å². The third kappa shape index (κ3) is 18.7. The molecule has 0 aromatic rings. The molecule has 1 fully saturated rings. The number of ether oxygens (including phenoxy) is 1. The van der Waals surface area contributed by atoms with Gasteiger partial charge in [-0.15, -0.1) is 0 Å². The average molecular weight is 614 g/mol. The zero-order chi connectivity index (χ0) is 31.5. The second-order valence-electron chi connectivity index (χ2n) is 13.2. The second kappa shape index (κ2) is 27.6. The number of aliphatic hydroxyl groups is 4. The topological polar surface area (TPSA) is 110 Å². The van der Waals surface area contributed by atoms with Crippen LogP contribution in [0, 0.1) is 0 Å². The first-order valence-corrected chi connectivity index (χ1v) is 18.6. The molecule has 4 N–H and O–H groups in total. The molecular formula is C36H71NO6. The van der Waals surface area contributed by atoms with Crippen LogP contribution in [0.3, 0.4) is 0 Å². The van der Waals surface area contributed by atoms with Crippen molar-refractivity contribution in [3.63, 3.8) is 0 Å². The second-order valence-corrected chi connectivity index (χ2v) is 13.2. The van der Waals surface area contributed by atoms with Crippen LogP contribution in [0.4, 0.5) is 0 Å². The Morgan fingerprint density at radius 1 is 0.535 bits per heavy atom. The van der Waals surface area contributed by atoms with Gasteiger partial charge in [-0.1, -0.05) is 162 Å². The van der Waals surface area contributed by atoms with Gasteiger partial charge in [0.25, 0.3) is 0 Å². The molecule has 43 heavy (non-hydrogen) atoms. The van der Waals surface area contributed by atoms with E-state index in [9.17, 15) is 25.2 Å². The Kier molecular flexibility index (Phi) is 25.8. The third-order valence-corrected chi connectivity index (χ3v) is 9.24. The van der Waals surface area contributed by atoms with Gasteiger partial charge in [0.2, 0.25) is 5.91 Å². The zero-order valence-electron chi connectivity index (χ0n) is 28.2. The smallest absolute Gasteiger partial charge is 0.224 e. The summed E-state index contributed by atoms with van der Waals surface area (Å²) in [5.74, 6) is -0.0880. The van der Waals surface area contributed by atoms with E-state index in [1.165, 1.54) is 122 Å². The first-order valence-electron chi connectivity index (χ1n) is 18.6. The maximum atomic E-state index is 13.3. The Morgan fingerprint density at radius 3 is 1.30 bits per heavy atom. The van der Waals surface area contributed by atoms with E-state index < -0.39 is 37.3 Å². The maximum Gasteiger partial charge on any atom is 0.224 e. The van der Waals surface area contributed by atoms with Crippen LogP contribution in [0.15, 0.2) is 0 Å². The van der Waals surface area contributed by atoms with Gasteiger partial charge in [-0.3, -0.25) is 4.79 Å². The predicted octanol–water partition coefficient (Wildman–Crippen LogP) is 7.80. The van der Waals surface area contributed by atoms with Crippen molar-refractivity contribution < 1.29 is 30.0 Å². The Bertz CT molecular complexity index is 633. The van der Waals surface area contributed by atoms with Gasteiger partial charge >= 0.3 is 0 Å². The highest BCUT2D eigenvalue weighted by atomic mass is 16.6. The van der Waals surface area contributed by atoms with Crippen LogP contribution in [0.25, 0.3) is 0 Å². The van der Waals surface area contributed by atoms with Gasteiger partial charge in [-0.05, 0) is 12.8 Å². The summed E-state index contributed by atoms with van der Waals surface area (Å²) in [7, 11) is 0. The highest BCUT2D eigenvalue weighted by Gasteiger charge is 2.46. The minimum absolute atomic E-state index is 0.0880. The molecule has 0 aliphatic carbocycles. The SMILES string of the molecule is CCCCCCCCCCCCCCCCCC(=O)N(CCCCCCCCCCCC)C1O[C@H](CO)[C@@H](O)[C@H](O)[C@H]1O. The first-order chi connectivity index (χ1) is 21.0. The fourth-order valence-corrected chi connectivity index (χ4v) is 6.29. The van der Waals surface area contributed by atoms with Crippen molar-refractivity contribution in [3.8, 4) is 0 Å². The fourth-order valence-electron chi connectivity index (χ4n) is 6.29. The quantitative estimate of drug-likeness (QED) is 0.0641. The van der Waals surface area contributed by atoms with Crippen molar-refractivity contribution in [2.75, 3.05) is 13.2 Å². The summed E-state index contributed by atoms with van der Waals surface area (Å²) < 4.78 is 5.78. The number of amides is 1. The lowest BCUT2D eigenvalue weighted by molar-refractivity contribution is -0.262. The summed E-state index contributed by atoms with van der Waals surface area (Å²) in [5.41, 5.74) is 0. The highest BCUT2D eigenvalue weighted by Crippen LogP contribution is 2.25.